The van der Waals surface area contributed by atoms with E-state index in [0.717, 1.165) is 25.8 Å². The predicted octanol–water partition coefficient (Wildman–Crippen LogP) is 3.45. The van der Waals surface area contributed by atoms with Crippen LogP contribution in [0.3, 0.4) is 0 Å². The summed E-state index contributed by atoms with van der Waals surface area (Å²) in [5, 5.41) is 13.2. The molecular formula is C17H31N3. The standard InChI is InChI=1S/C17H31N3/c1-4-17(13-18,19-16-9-10-16)11-6-12-20-14(2)7-5-8-15(20)3/h14-16,19H,4-12H2,1-3H3. The first-order valence-electron chi connectivity index (χ1n) is 8.55. The minimum absolute atomic E-state index is 0.274. The average molecular weight is 277 g/mol. The molecule has 2 fully saturated rings. The van der Waals surface area contributed by atoms with E-state index >= 15 is 0 Å². The van der Waals surface area contributed by atoms with Crippen LogP contribution in [0.1, 0.15) is 72.1 Å². The minimum Gasteiger partial charge on any atom is -0.298 e. The SMILES string of the molecule is CCC(C#N)(CCCN1C(C)CCCC1C)NC1CC1. The van der Waals surface area contributed by atoms with Crippen LogP contribution in [0.4, 0.5) is 0 Å². The first-order valence-corrected chi connectivity index (χ1v) is 8.55. The van der Waals surface area contributed by atoms with Gasteiger partial charge in [0.25, 0.3) is 0 Å². The highest BCUT2D eigenvalue weighted by Crippen LogP contribution is 2.28. The van der Waals surface area contributed by atoms with E-state index < -0.39 is 0 Å². The summed E-state index contributed by atoms with van der Waals surface area (Å²) in [6, 6.07) is 4.61. The number of nitrogens with zero attached hydrogens (tertiary/aromatic N) is 2. The highest BCUT2D eigenvalue weighted by atomic mass is 15.2. The lowest BCUT2D eigenvalue weighted by Gasteiger charge is -2.39. The molecule has 0 aromatic rings. The smallest absolute Gasteiger partial charge is 0.106 e. The van der Waals surface area contributed by atoms with Crippen LogP contribution in [0.5, 0.6) is 0 Å². The molecule has 20 heavy (non-hydrogen) atoms. The first-order chi connectivity index (χ1) is 9.60. The Labute approximate surface area is 124 Å². The molecule has 1 heterocycles. The van der Waals surface area contributed by atoms with Gasteiger partial charge in [-0.15, -0.1) is 0 Å². The fourth-order valence-electron chi connectivity index (χ4n) is 3.62. The van der Waals surface area contributed by atoms with Crippen molar-refractivity contribution in [3.8, 4) is 6.07 Å². The summed E-state index contributed by atoms with van der Waals surface area (Å²) in [6.45, 7) is 8.01. The Hall–Kier alpha value is -0.590. The van der Waals surface area contributed by atoms with Gasteiger partial charge in [0.05, 0.1) is 6.07 Å². The van der Waals surface area contributed by atoms with Crippen LogP contribution in [0.15, 0.2) is 0 Å². The molecule has 3 heteroatoms. The maximum absolute atomic E-state index is 9.57. The van der Waals surface area contributed by atoms with Gasteiger partial charge in [0.15, 0.2) is 0 Å². The van der Waals surface area contributed by atoms with Crippen molar-refractivity contribution in [2.45, 2.75) is 95.8 Å². The molecule has 0 bridgehead atoms. The van der Waals surface area contributed by atoms with Crippen LogP contribution in [0.25, 0.3) is 0 Å². The third kappa shape index (κ3) is 3.96. The molecule has 2 aliphatic rings. The fraction of sp³-hybridized carbons (Fsp3) is 0.941. The van der Waals surface area contributed by atoms with Gasteiger partial charge < -0.3 is 0 Å². The normalized spacial score (nSPS) is 30.7. The highest BCUT2D eigenvalue weighted by molar-refractivity contribution is 5.09. The molecule has 1 aliphatic carbocycles. The second kappa shape index (κ2) is 6.91. The maximum Gasteiger partial charge on any atom is 0.106 e. The zero-order valence-corrected chi connectivity index (χ0v) is 13.5. The second-order valence-electron chi connectivity index (χ2n) is 6.94. The molecule has 0 aromatic carbocycles. The number of rotatable bonds is 7. The molecule has 1 saturated heterocycles. The fourth-order valence-corrected chi connectivity index (χ4v) is 3.62. The summed E-state index contributed by atoms with van der Waals surface area (Å²) < 4.78 is 0. The van der Waals surface area contributed by atoms with Gasteiger partial charge in [-0.1, -0.05) is 13.3 Å². The largest absolute Gasteiger partial charge is 0.298 e. The number of likely N-dealkylation sites (tertiary alicyclic amines) is 1. The molecule has 1 N–H and O–H groups in total. The number of nitrogens with one attached hydrogen (secondary N) is 1. The topological polar surface area (TPSA) is 39.1 Å². The Bertz CT molecular complexity index is 335. The lowest BCUT2D eigenvalue weighted by Crippen LogP contribution is -2.47. The number of hydrogen-bond donors (Lipinski definition) is 1. The first kappa shape index (κ1) is 15.8. The molecule has 2 rings (SSSR count). The lowest BCUT2D eigenvalue weighted by molar-refractivity contribution is 0.0987. The molecule has 0 spiro atoms. The minimum atomic E-state index is -0.274. The summed E-state index contributed by atoms with van der Waals surface area (Å²) in [5.41, 5.74) is -0.274. The van der Waals surface area contributed by atoms with E-state index in [9.17, 15) is 5.26 Å². The third-order valence-electron chi connectivity index (χ3n) is 5.27. The van der Waals surface area contributed by atoms with E-state index in [-0.39, 0.29) is 5.54 Å². The summed E-state index contributed by atoms with van der Waals surface area (Å²) in [5.74, 6) is 0. The van der Waals surface area contributed by atoms with Gasteiger partial charge in [-0.25, -0.2) is 0 Å². The van der Waals surface area contributed by atoms with E-state index in [1.807, 2.05) is 0 Å². The Balaban J connectivity index is 1.81. The van der Waals surface area contributed by atoms with Gasteiger partial charge >= 0.3 is 0 Å². The van der Waals surface area contributed by atoms with Gasteiger partial charge in [0.2, 0.25) is 0 Å². The molecule has 0 amide bonds. The van der Waals surface area contributed by atoms with Crippen LogP contribution in [0, 0.1) is 11.3 Å². The maximum atomic E-state index is 9.57. The molecular weight excluding hydrogens is 246 g/mol. The highest BCUT2D eigenvalue weighted by Gasteiger charge is 2.35. The van der Waals surface area contributed by atoms with E-state index in [1.54, 1.807) is 0 Å². The number of hydrogen-bond acceptors (Lipinski definition) is 3. The average Bonchev–Trinajstić information content (AvgIpc) is 3.25. The molecule has 0 aromatic heterocycles. The van der Waals surface area contributed by atoms with E-state index in [1.165, 1.54) is 32.1 Å². The summed E-state index contributed by atoms with van der Waals surface area (Å²) in [7, 11) is 0. The van der Waals surface area contributed by atoms with Gasteiger partial charge in [0.1, 0.15) is 5.54 Å². The van der Waals surface area contributed by atoms with E-state index in [0.29, 0.717) is 18.1 Å². The Morgan fingerprint density at radius 1 is 1.20 bits per heavy atom. The van der Waals surface area contributed by atoms with Crippen molar-refractivity contribution in [1.82, 2.24) is 10.2 Å². The third-order valence-corrected chi connectivity index (χ3v) is 5.27. The van der Waals surface area contributed by atoms with Crippen molar-refractivity contribution in [3.63, 3.8) is 0 Å². The van der Waals surface area contributed by atoms with Crippen LogP contribution >= 0.6 is 0 Å². The molecule has 1 aliphatic heterocycles. The van der Waals surface area contributed by atoms with Crippen LogP contribution < -0.4 is 5.32 Å². The molecule has 3 unspecified atom stereocenters. The van der Waals surface area contributed by atoms with Crippen molar-refractivity contribution in [2.24, 2.45) is 0 Å². The summed E-state index contributed by atoms with van der Waals surface area (Å²) in [6.07, 6.45) is 9.60. The zero-order chi connectivity index (χ0) is 14.6. The zero-order valence-electron chi connectivity index (χ0n) is 13.5. The van der Waals surface area contributed by atoms with Crippen molar-refractivity contribution in [3.05, 3.63) is 0 Å². The monoisotopic (exact) mass is 277 g/mol. The second-order valence-corrected chi connectivity index (χ2v) is 6.94. The van der Waals surface area contributed by atoms with Crippen molar-refractivity contribution in [1.29, 1.82) is 5.26 Å². The Morgan fingerprint density at radius 3 is 2.35 bits per heavy atom. The molecule has 114 valence electrons. The lowest BCUT2D eigenvalue weighted by atomic mass is 9.90. The molecule has 3 nitrogen and oxygen atoms in total. The summed E-state index contributed by atoms with van der Waals surface area (Å²) in [4.78, 5) is 2.65. The van der Waals surface area contributed by atoms with Gasteiger partial charge in [-0.3, -0.25) is 10.2 Å². The van der Waals surface area contributed by atoms with Crippen LogP contribution in [-0.2, 0) is 0 Å². The van der Waals surface area contributed by atoms with Crippen LogP contribution in [0.2, 0.25) is 0 Å². The number of nitriles is 1. The molecule has 0 radical (unpaired) electrons. The van der Waals surface area contributed by atoms with Gasteiger partial charge in [-0.05, 0) is 65.3 Å². The van der Waals surface area contributed by atoms with Crippen molar-refractivity contribution in [2.75, 3.05) is 6.54 Å². The van der Waals surface area contributed by atoms with Gasteiger partial charge in [-0.2, -0.15) is 5.26 Å². The number of piperidine rings is 1. The van der Waals surface area contributed by atoms with Gasteiger partial charge in [0, 0.05) is 18.1 Å². The van der Waals surface area contributed by atoms with E-state index in [2.05, 4.69) is 37.1 Å². The van der Waals surface area contributed by atoms with E-state index in [4.69, 9.17) is 0 Å². The van der Waals surface area contributed by atoms with Crippen molar-refractivity contribution >= 4 is 0 Å². The predicted molar refractivity (Wildman–Crippen MR) is 83.5 cm³/mol. The molecule has 1 saturated carbocycles. The Morgan fingerprint density at radius 2 is 1.85 bits per heavy atom. The van der Waals surface area contributed by atoms with Crippen LogP contribution in [-0.4, -0.2) is 35.1 Å². The quantitative estimate of drug-likeness (QED) is 0.774. The molecule has 3 atom stereocenters. The Kier molecular flexibility index (Phi) is 5.46. The summed E-state index contributed by atoms with van der Waals surface area (Å²) >= 11 is 0. The van der Waals surface area contributed by atoms with Crippen molar-refractivity contribution < 1.29 is 0 Å².